The van der Waals surface area contributed by atoms with Crippen LogP contribution in [0.4, 0.5) is 0 Å². The first kappa shape index (κ1) is 19.7. The van der Waals surface area contributed by atoms with Gasteiger partial charge >= 0.3 is 0 Å². The zero-order chi connectivity index (χ0) is 21.5. The van der Waals surface area contributed by atoms with Gasteiger partial charge in [0.2, 0.25) is 0 Å². The Morgan fingerprint density at radius 3 is 2.52 bits per heavy atom. The number of allylic oxidation sites excluding steroid dienone is 1. The first-order chi connectivity index (χ1) is 15.0. The van der Waals surface area contributed by atoms with E-state index in [9.17, 15) is 0 Å². The summed E-state index contributed by atoms with van der Waals surface area (Å²) in [6, 6.07) is 16.6. The van der Waals surface area contributed by atoms with Gasteiger partial charge in [0, 0.05) is 65.6 Å². The van der Waals surface area contributed by atoms with Gasteiger partial charge in [-0.2, -0.15) is 0 Å². The maximum atomic E-state index is 6.64. The number of aromatic amines is 1. The molecular weight excluding hydrogens is 404 g/mol. The van der Waals surface area contributed by atoms with Crippen LogP contribution >= 0.6 is 11.6 Å². The average molecular weight is 429 g/mol. The highest BCUT2D eigenvalue weighted by atomic mass is 35.5. The Bertz CT molecular complexity index is 1310. The molecule has 0 bridgehead atoms. The minimum atomic E-state index is 0.710. The summed E-state index contributed by atoms with van der Waals surface area (Å²) in [7, 11) is 0. The predicted octanol–water partition coefficient (Wildman–Crippen LogP) is 6.16. The lowest BCUT2D eigenvalue weighted by atomic mass is 10.0. The number of hydrogen-bond acceptors (Lipinski definition) is 3. The van der Waals surface area contributed by atoms with Gasteiger partial charge in [-0.25, -0.2) is 4.98 Å². The van der Waals surface area contributed by atoms with Crippen molar-refractivity contribution < 1.29 is 0 Å². The second-order valence-corrected chi connectivity index (χ2v) is 8.56. The van der Waals surface area contributed by atoms with Crippen molar-refractivity contribution in [1.82, 2.24) is 19.8 Å². The lowest BCUT2D eigenvalue weighted by molar-refractivity contribution is 0.215. The molecule has 156 valence electrons. The normalized spacial score (nSPS) is 14.4. The number of H-pyrrole nitrogens is 1. The highest BCUT2D eigenvalue weighted by Gasteiger charge is 2.19. The predicted molar refractivity (Wildman–Crippen MR) is 131 cm³/mol. The molecule has 3 heterocycles. The molecule has 5 rings (SSSR count). The van der Waals surface area contributed by atoms with Crippen LogP contribution < -0.4 is 0 Å². The molecule has 1 fully saturated rings. The molecule has 2 aromatic heterocycles. The molecule has 1 saturated heterocycles. The zero-order valence-electron chi connectivity index (χ0n) is 17.7. The van der Waals surface area contributed by atoms with Crippen molar-refractivity contribution in [2.24, 2.45) is 0 Å². The van der Waals surface area contributed by atoms with E-state index in [0.717, 1.165) is 76.2 Å². The van der Waals surface area contributed by atoms with Gasteiger partial charge in [-0.1, -0.05) is 43.0 Å². The van der Waals surface area contributed by atoms with Crippen molar-refractivity contribution in [3.63, 3.8) is 0 Å². The summed E-state index contributed by atoms with van der Waals surface area (Å²) in [4.78, 5) is 12.8. The summed E-state index contributed by atoms with van der Waals surface area (Å²) in [6.45, 7) is 14.3. The molecule has 31 heavy (non-hydrogen) atoms. The number of aromatic nitrogens is 2. The number of piperazine rings is 1. The van der Waals surface area contributed by atoms with Gasteiger partial charge in [-0.3, -0.25) is 0 Å². The number of rotatable bonds is 4. The van der Waals surface area contributed by atoms with Crippen LogP contribution in [0.15, 0.2) is 73.6 Å². The van der Waals surface area contributed by atoms with E-state index in [4.69, 9.17) is 16.6 Å². The Morgan fingerprint density at radius 2 is 1.74 bits per heavy atom. The van der Waals surface area contributed by atoms with E-state index in [2.05, 4.69) is 77.3 Å². The molecule has 0 radical (unpaired) electrons. The van der Waals surface area contributed by atoms with Crippen LogP contribution in [0.3, 0.4) is 0 Å². The molecule has 0 spiro atoms. The zero-order valence-corrected chi connectivity index (χ0v) is 18.4. The summed E-state index contributed by atoms with van der Waals surface area (Å²) in [5.41, 5.74) is 7.16. The van der Waals surface area contributed by atoms with Gasteiger partial charge in [0.15, 0.2) is 0 Å². The van der Waals surface area contributed by atoms with Crippen molar-refractivity contribution in [3.8, 4) is 11.3 Å². The van der Waals surface area contributed by atoms with Crippen molar-refractivity contribution in [3.05, 3.63) is 84.2 Å². The van der Waals surface area contributed by atoms with Gasteiger partial charge in [0.05, 0.1) is 16.2 Å². The van der Waals surface area contributed by atoms with Gasteiger partial charge in [-0.05, 0) is 42.8 Å². The fourth-order valence-corrected chi connectivity index (χ4v) is 4.53. The van der Waals surface area contributed by atoms with Crippen molar-refractivity contribution >= 4 is 39.1 Å². The third-order valence-corrected chi connectivity index (χ3v) is 6.46. The molecule has 0 unspecified atom stereocenters. The summed E-state index contributed by atoms with van der Waals surface area (Å²) in [5.74, 6) is 0. The number of halogens is 1. The number of nitrogens with one attached hydrogen (secondary N) is 1. The van der Waals surface area contributed by atoms with E-state index in [1.807, 2.05) is 12.3 Å². The van der Waals surface area contributed by atoms with E-state index >= 15 is 0 Å². The summed E-state index contributed by atoms with van der Waals surface area (Å²) < 4.78 is 0. The topological polar surface area (TPSA) is 35.2 Å². The average Bonchev–Trinajstić information content (AvgIpc) is 3.26. The Hall–Kier alpha value is -3.24. The highest BCUT2D eigenvalue weighted by Crippen LogP contribution is 2.32. The van der Waals surface area contributed by atoms with Crippen LogP contribution in [-0.4, -0.2) is 45.9 Å². The molecule has 4 nitrogen and oxygen atoms in total. The van der Waals surface area contributed by atoms with E-state index in [1.165, 1.54) is 0 Å². The number of fused-ring (bicyclic) bond motifs is 2. The van der Waals surface area contributed by atoms with Crippen molar-refractivity contribution in [1.29, 1.82) is 0 Å². The van der Waals surface area contributed by atoms with Gasteiger partial charge < -0.3 is 14.8 Å². The minimum absolute atomic E-state index is 0.710. The molecule has 0 saturated carbocycles. The molecule has 0 amide bonds. The molecule has 4 aromatic rings. The Labute approximate surface area is 187 Å². The fraction of sp³-hybridized carbons (Fsp3) is 0.192. The standard InChI is InChI=1S/C26H25ClN4/c1-17(2)30-10-12-31(13-11-30)18(3)19-4-6-22-23(27)16-25(29-26(22)15-19)20-5-7-24-21(14-20)8-9-28-24/h4-9,14-16,28H,1,3,10-13H2,2H3. The van der Waals surface area contributed by atoms with Gasteiger partial charge in [0.1, 0.15) is 0 Å². The first-order valence-corrected chi connectivity index (χ1v) is 10.9. The van der Waals surface area contributed by atoms with Crippen molar-refractivity contribution in [2.45, 2.75) is 6.92 Å². The number of pyridine rings is 1. The summed E-state index contributed by atoms with van der Waals surface area (Å²) in [6.07, 6.45) is 1.95. The maximum absolute atomic E-state index is 6.64. The Morgan fingerprint density at radius 1 is 0.968 bits per heavy atom. The fourth-order valence-electron chi connectivity index (χ4n) is 4.27. The van der Waals surface area contributed by atoms with Crippen LogP contribution in [0, 0.1) is 0 Å². The van der Waals surface area contributed by atoms with Crippen LogP contribution in [0.2, 0.25) is 5.02 Å². The summed E-state index contributed by atoms with van der Waals surface area (Å²) in [5, 5.41) is 2.82. The van der Waals surface area contributed by atoms with E-state index < -0.39 is 0 Å². The SMILES string of the molecule is C=C(C)N1CCN(C(=C)c2ccc3c(Cl)cc(-c4ccc5[nH]ccc5c4)nc3c2)CC1. The minimum Gasteiger partial charge on any atom is -0.372 e. The smallest absolute Gasteiger partial charge is 0.0731 e. The van der Waals surface area contributed by atoms with Gasteiger partial charge in [-0.15, -0.1) is 0 Å². The Balaban J connectivity index is 1.47. The molecule has 2 aromatic carbocycles. The molecule has 5 heteroatoms. The molecular formula is C26H25ClN4. The number of hydrogen-bond donors (Lipinski definition) is 1. The molecule has 1 aliphatic rings. The molecule has 1 aliphatic heterocycles. The number of nitrogens with zero attached hydrogens (tertiary/aromatic N) is 3. The Kier molecular flexibility index (Phi) is 4.95. The first-order valence-electron chi connectivity index (χ1n) is 10.5. The highest BCUT2D eigenvalue weighted by molar-refractivity contribution is 6.35. The second kappa shape index (κ2) is 7.78. The third kappa shape index (κ3) is 3.68. The molecule has 1 N–H and O–H groups in total. The summed E-state index contributed by atoms with van der Waals surface area (Å²) >= 11 is 6.64. The lowest BCUT2D eigenvalue weighted by Crippen LogP contribution is -2.44. The number of benzene rings is 2. The van der Waals surface area contributed by atoms with Crippen molar-refractivity contribution in [2.75, 3.05) is 26.2 Å². The lowest BCUT2D eigenvalue weighted by Gasteiger charge is -2.38. The largest absolute Gasteiger partial charge is 0.372 e. The van der Waals surface area contributed by atoms with E-state index in [1.54, 1.807) is 0 Å². The van der Waals surface area contributed by atoms with E-state index in [0.29, 0.717) is 5.02 Å². The quantitative estimate of drug-likeness (QED) is 0.423. The van der Waals surface area contributed by atoms with Crippen LogP contribution in [0.25, 0.3) is 38.8 Å². The maximum Gasteiger partial charge on any atom is 0.0731 e. The van der Waals surface area contributed by atoms with E-state index in [-0.39, 0.29) is 0 Å². The third-order valence-electron chi connectivity index (χ3n) is 6.14. The van der Waals surface area contributed by atoms with Crippen LogP contribution in [0.5, 0.6) is 0 Å². The molecule has 0 atom stereocenters. The van der Waals surface area contributed by atoms with Crippen LogP contribution in [0.1, 0.15) is 12.5 Å². The van der Waals surface area contributed by atoms with Gasteiger partial charge in [0.25, 0.3) is 0 Å². The monoisotopic (exact) mass is 428 g/mol. The molecule has 0 aliphatic carbocycles. The second-order valence-electron chi connectivity index (χ2n) is 8.16. The van der Waals surface area contributed by atoms with Crippen LogP contribution in [-0.2, 0) is 0 Å².